The smallest absolute Gasteiger partial charge is 0.200 e. The fourth-order valence-electron chi connectivity index (χ4n) is 5.08. The van der Waals surface area contributed by atoms with Crippen molar-refractivity contribution in [3.05, 3.63) is 36.5 Å². The molecule has 0 unspecified atom stereocenters. The summed E-state index contributed by atoms with van der Waals surface area (Å²) in [5.41, 5.74) is 2.90. The molecule has 1 aliphatic rings. The molecular formula is C26H48O4Si. The number of ether oxygens (including phenoxy) is 3. The molecule has 31 heavy (non-hydrogen) atoms. The lowest BCUT2D eigenvalue weighted by molar-refractivity contribution is -0.116. The Bertz CT molecular complexity index is 574. The lowest BCUT2D eigenvalue weighted by Crippen LogP contribution is -2.50. The highest BCUT2D eigenvalue weighted by molar-refractivity contribution is 6.77. The van der Waals surface area contributed by atoms with Crippen LogP contribution in [0.15, 0.2) is 36.5 Å². The Morgan fingerprint density at radius 3 is 2.10 bits per heavy atom. The van der Waals surface area contributed by atoms with Crippen molar-refractivity contribution in [1.29, 1.82) is 0 Å². The summed E-state index contributed by atoms with van der Waals surface area (Å²) >= 11 is 0. The van der Waals surface area contributed by atoms with Crippen LogP contribution in [0.3, 0.4) is 0 Å². The van der Waals surface area contributed by atoms with E-state index in [1.54, 1.807) is 7.11 Å². The van der Waals surface area contributed by atoms with Gasteiger partial charge in [0, 0.05) is 13.2 Å². The Kier molecular flexibility index (Phi) is 12.0. The van der Waals surface area contributed by atoms with Gasteiger partial charge < -0.3 is 18.6 Å². The molecule has 0 spiro atoms. The largest absolute Gasteiger partial charge is 0.413 e. The first-order valence-corrected chi connectivity index (χ1v) is 14.1. The highest BCUT2D eigenvalue weighted by Crippen LogP contribution is 2.43. The molecule has 0 saturated carbocycles. The molecule has 5 heteroatoms. The van der Waals surface area contributed by atoms with E-state index >= 15 is 0 Å². The van der Waals surface area contributed by atoms with E-state index in [2.05, 4.69) is 87.1 Å². The quantitative estimate of drug-likeness (QED) is 0.171. The number of methoxy groups -OCH3 is 1. The van der Waals surface area contributed by atoms with Gasteiger partial charge in [-0.3, -0.25) is 0 Å². The summed E-state index contributed by atoms with van der Waals surface area (Å²) in [5.74, 6) is 0.276. The van der Waals surface area contributed by atoms with Crippen LogP contribution >= 0.6 is 0 Å². The maximum absolute atomic E-state index is 7.00. The van der Waals surface area contributed by atoms with Crippen molar-refractivity contribution in [2.75, 3.05) is 13.9 Å². The minimum absolute atomic E-state index is 0.0279. The second-order valence-electron chi connectivity index (χ2n) is 9.95. The van der Waals surface area contributed by atoms with Gasteiger partial charge in [0.25, 0.3) is 0 Å². The maximum Gasteiger partial charge on any atom is 0.200 e. The molecule has 0 N–H and O–H groups in total. The summed E-state index contributed by atoms with van der Waals surface area (Å²) in [5, 5.41) is 0. The highest BCUT2D eigenvalue weighted by Gasteiger charge is 2.46. The number of rotatable bonds is 13. The molecule has 0 aliphatic carbocycles. The standard InChI is InChI=1S/C26H48O4Si/c1-12-13-24-14-15-25(28-17-27-11)26(29-24)22(9)16-21(8)23(10)30-31(18(2)3,19(4)5)20(6)7/h12,14-16,18-21,23-26H,1,13,17H2,2-11H3/b22-16+/t21-,23-,24+,25+,26+/m1/s1. The van der Waals surface area contributed by atoms with Crippen molar-refractivity contribution in [1.82, 2.24) is 0 Å². The summed E-state index contributed by atoms with van der Waals surface area (Å²) in [7, 11) is -0.281. The van der Waals surface area contributed by atoms with Gasteiger partial charge in [0.1, 0.15) is 19.0 Å². The van der Waals surface area contributed by atoms with Gasteiger partial charge >= 0.3 is 0 Å². The molecule has 1 aliphatic heterocycles. The molecule has 0 radical (unpaired) electrons. The second-order valence-corrected chi connectivity index (χ2v) is 15.4. The molecule has 0 aromatic rings. The average molecular weight is 453 g/mol. The zero-order valence-electron chi connectivity index (χ0n) is 21.7. The van der Waals surface area contributed by atoms with Gasteiger partial charge in [0.2, 0.25) is 8.32 Å². The van der Waals surface area contributed by atoms with Gasteiger partial charge in [-0.15, -0.1) is 6.58 Å². The first kappa shape index (κ1) is 28.3. The number of hydrogen-bond acceptors (Lipinski definition) is 4. The molecule has 5 atom stereocenters. The molecule has 0 amide bonds. The van der Waals surface area contributed by atoms with Gasteiger partial charge in [0.05, 0.1) is 6.10 Å². The maximum atomic E-state index is 7.00. The third-order valence-corrected chi connectivity index (χ3v) is 12.9. The molecule has 1 rings (SSSR count). The Labute approximate surface area is 193 Å². The summed E-state index contributed by atoms with van der Waals surface area (Å²) in [6.45, 7) is 24.7. The summed E-state index contributed by atoms with van der Waals surface area (Å²) < 4.78 is 24.4. The van der Waals surface area contributed by atoms with E-state index < -0.39 is 8.32 Å². The molecule has 0 fully saturated rings. The Morgan fingerprint density at radius 2 is 1.61 bits per heavy atom. The SMILES string of the molecule is C=CC[C@H]1C=C[C@H](OCOC)[C@H](/C(C)=C/[C@@H](C)[C@@H](C)O[Si](C(C)C)(C(C)C)C(C)C)O1. The van der Waals surface area contributed by atoms with E-state index in [9.17, 15) is 0 Å². The Balaban J connectivity index is 3.05. The third kappa shape index (κ3) is 7.39. The van der Waals surface area contributed by atoms with Crippen LogP contribution in [0.1, 0.15) is 68.7 Å². The summed E-state index contributed by atoms with van der Waals surface area (Å²) in [6.07, 6.45) is 9.04. The first-order valence-electron chi connectivity index (χ1n) is 11.9. The molecule has 0 saturated heterocycles. The van der Waals surface area contributed by atoms with E-state index in [4.69, 9.17) is 18.6 Å². The Hall–Kier alpha value is -0.723. The van der Waals surface area contributed by atoms with Crippen LogP contribution in [0.25, 0.3) is 0 Å². The summed E-state index contributed by atoms with van der Waals surface area (Å²) in [6, 6.07) is 0. The molecule has 0 aromatic carbocycles. The monoisotopic (exact) mass is 452 g/mol. The van der Waals surface area contributed by atoms with Crippen LogP contribution in [0.2, 0.25) is 16.6 Å². The van der Waals surface area contributed by atoms with Crippen LogP contribution in [0, 0.1) is 5.92 Å². The topological polar surface area (TPSA) is 36.9 Å². The normalized spacial score (nSPS) is 24.8. The minimum Gasteiger partial charge on any atom is -0.413 e. The van der Waals surface area contributed by atoms with Crippen LogP contribution < -0.4 is 0 Å². The van der Waals surface area contributed by atoms with E-state index in [0.717, 1.165) is 6.42 Å². The molecule has 1 heterocycles. The summed E-state index contributed by atoms with van der Waals surface area (Å²) in [4.78, 5) is 0. The zero-order valence-corrected chi connectivity index (χ0v) is 22.7. The fraction of sp³-hybridized carbons (Fsp3) is 0.769. The van der Waals surface area contributed by atoms with Crippen molar-refractivity contribution in [2.24, 2.45) is 5.92 Å². The van der Waals surface area contributed by atoms with Crippen LogP contribution in [-0.4, -0.2) is 46.6 Å². The predicted octanol–water partition coefficient (Wildman–Crippen LogP) is 7.04. The van der Waals surface area contributed by atoms with Crippen LogP contribution in [0.4, 0.5) is 0 Å². The highest BCUT2D eigenvalue weighted by atomic mass is 28.4. The third-order valence-electron chi connectivity index (χ3n) is 6.72. The van der Waals surface area contributed by atoms with Gasteiger partial charge in [-0.1, -0.05) is 72.8 Å². The fourth-order valence-corrected chi connectivity index (χ4v) is 10.8. The predicted molar refractivity (Wildman–Crippen MR) is 134 cm³/mol. The van der Waals surface area contributed by atoms with Crippen LogP contribution in [-0.2, 0) is 18.6 Å². The molecule has 0 bridgehead atoms. The van der Waals surface area contributed by atoms with E-state index in [1.807, 2.05) is 6.08 Å². The second kappa shape index (κ2) is 13.1. The molecule has 0 aromatic heterocycles. The van der Waals surface area contributed by atoms with Gasteiger partial charge in [-0.25, -0.2) is 0 Å². The van der Waals surface area contributed by atoms with Crippen molar-refractivity contribution in [2.45, 2.75) is 110 Å². The lowest BCUT2D eigenvalue weighted by atomic mass is 9.96. The van der Waals surface area contributed by atoms with Crippen molar-refractivity contribution in [3.8, 4) is 0 Å². The Morgan fingerprint density at radius 1 is 1.03 bits per heavy atom. The van der Waals surface area contributed by atoms with E-state index in [1.165, 1.54) is 5.57 Å². The average Bonchev–Trinajstić information content (AvgIpc) is 2.69. The van der Waals surface area contributed by atoms with Crippen molar-refractivity contribution in [3.63, 3.8) is 0 Å². The first-order chi connectivity index (χ1) is 14.5. The lowest BCUT2D eigenvalue weighted by Gasteiger charge is -2.45. The minimum atomic E-state index is -1.92. The van der Waals surface area contributed by atoms with E-state index in [-0.39, 0.29) is 37.1 Å². The van der Waals surface area contributed by atoms with Gasteiger partial charge in [-0.2, -0.15) is 0 Å². The number of hydrogen-bond donors (Lipinski definition) is 0. The van der Waals surface area contributed by atoms with E-state index in [0.29, 0.717) is 16.6 Å². The van der Waals surface area contributed by atoms with Crippen LogP contribution in [0.5, 0.6) is 0 Å². The molecule has 180 valence electrons. The van der Waals surface area contributed by atoms with Crippen molar-refractivity contribution >= 4 is 8.32 Å². The zero-order chi connectivity index (χ0) is 23.8. The van der Waals surface area contributed by atoms with Gasteiger partial charge in [0.15, 0.2) is 0 Å². The molecular weight excluding hydrogens is 404 g/mol. The molecule has 4 nitrogen and oxygen atoms in total. The van der Waals surface area contributed by atoms with Gasteiger partial charge in [-0.05, 0) is 48.4 Å². The van der Waals surface area contributed by atoms with Crippen molar-refractivity contribution < 1.29 is 18.6 Å².